The van der Waals surface area contributed by atoms with Crippen molar-refractivity contribution in [1.29, 1.82) is 0 Å². The van der Waals surface area contributed by atoms with E-state index >= 15 is 0 Å². The Morgan fingerprint density at radius 3 is 2.44 bits per heavy atom. The zero-order valence-electron chi connectivity index (χ0n) is 15.0. The normalized spacial score (nSPS) is 14.3. The monoisotopic (exact) mass is 373 g/mol. The molecule has 0 aliphatic heterocycles. The second-order valence-corrected chi connectivity index (χ2v) is 6.75. The molecule has 5 heteroatoms. The Bertz CT molecular complexity index is 902. The van der Waals surface area contributed by atoms with E-state index in [1.165, 1.54) is 6.07 Å². The van der Waals surface area contributed by atoms with Gasteiger partial charge in [0, 0.05) is 12.6 Å². The van der Waals surface area contributed by atoms with Gasteiger partial charge in [-0.05, 0) is 41.3 Å². The number of benzene rings is 3. The molecule has 0 heterocycles. The third kappa shape index (κ3) is 4.87. The molecule has 0 amide bonds. The number of fused-ring (bicyclic) bond motifs is 1. The maximum Gasteiger partial charge on any atom is 0.416 e. The molecule has 3 aromatic carbocycles. The van der Waals surface area contributed by atoms with Gasteiger partial charge in [0.15, 0.2) is 0 Å². The van der Waals surface area contributed by atoms with Crippen LogP contribution in [0.15, 0.2) is 66.7 Å². The van der Waals surface area contributed by atoms with Crippen molar-refractivity contribution >= 4 is 10.8 Å². The predicted molar refractivity (Wildman–Crippen MR) is 102 cm³/mol. The summed E-state index contributed by atoms with van der Waals surface area (Å²) in [7, 11) is 0. The van der Waals surface area contributed by atoms with Crippen LogP contribution in [0.25, 0.3) is 10.8 Å². The number of hydrogen-bond acceptors (Lipinski definition) is 2. The summed E-state index contributed by atoms with van der Waals surface area (Å²) in [5, 5.41) is 15.8. The van der Waals surface area contributed by atoms with Crippen molar-refractivity contribution in [3.05, 3.63) is 83.4 Å². The van der Waals surface area contributed by atoms with Crippen molar-refractivity contribution in [1.82, 2.24) is 5.32 Å². The summed E-state index contributed by atoms with van der Waals surface area (Å²) in [6, 6.07) is 19.3. The maximum atomic E-state index is 12.8. The quantitative estimate of drug-likeness (QED) is 0.629. The van der Waals surface area contributed by atoms with Crippen LogP contribution in [0.5, 0.6) is 0 Å². The number of halogens is 3. The SMILES string of the molecule is CC(NCC(O)Cc1cccc(C(F)(F)F)c1)c1cccc2ccccc12. The first-order valence-corrected chi connectivity index (χ1v) is 8.90. The summed E-state index contributed by atoms with van der Waals surface area (Å²) in [5.74, 6) is 0. The van der Waals surface area contributed by atoms with Crippen molar-refractivity contribution in [2.75, 3.05) is 6.54 Å². The van der Waals surface area contributed by atoms with E-state index < -0.39 is 17.8 Å². The second kappa shape index (κ2) is 8.11. The molecule has 2 nitrogen and oxygen atoms in total. The van der Waals surface area contributed by atoms with E-state index in [9.17, 15) is 18.3 Å². The van der Waals surface area contributed by atoms with Gasteiger partial charge in [-0.3, -0.25) is 0 Å². The molecule has 0 bridgehead atoms. The van der Waals surface area contributed by atoms with Gasteiger partial charge in [-0.25, -0.2) is 0 Å². The Morgan fingerprint density at radius 2 is 1.67 bits per heavy atom. The highest BCUT2D eigenvalue weighted by atomic mass is 19.4. The third-order valence-electron chi connectivity index (χ3n) is 4.68. The summed E-state index contributed by atoms with van der Waals surface area (Å²) in [5.41, 5.74) is 0.903. The molecule has 2 unspecified atom stereocenters. The Hall–Kier alpha value is -2.37. The average molecular weight is 373 g/mol. The van der Waals surface area contributed by atoms with E-state index in [2.05, 4.69) is 11.4 Å². The predicted octanol–water partition coefficient (Wildman–Crippen LogP) is 5.11. The lowest BCUT2D eigenvalue weighted by Crippen LogP contribution is -2.30. The van der Waals surface area contributed by atoms with Crippen molar-refractivity contribution in [2.45, 2.75) is 31.7 Å². The summed E-state index contributed by atoms with van der Waals surface area (Å²) in [6.45, 7) is 2.30. The molecule has 3 aromatic rings. The van der Waals surface area contributed by atoms with Crippen LogP contribution in [0.2, 0.25) is 0 Å². The second-order valence-electron chi connectivity index (χ2n) is 6.75. The minimum atomic E-state index is -4.37. The van der Waals surface area contributed by atoms with E-state index in [-0.39, 0.29) is 12.5 Å². The molecular weight excluding hydrogens is 351 g/mol. The minimum absolute atomic E-state index is 0.00672. The largest absolute Gasteiger partial charge is 0.416 e. The standard InChI is InChI=1S/C22H22F3NO/c1-15(20-11-5-8-17-7-2-3-10-21(17)20)26-14-19(27)13-16-6-4-9-18(12-16)22(23,24)25/h2-12,15,19,26-27H,13-14H2,1H3. The number of alkyl halides is 3. The van der Waals surface area contributed by atoms with Crippen molar-refractivity contribution in [2.24, 2.45) is 0 Å². The first-order chi connectivity index (χ1) is 12.8. The Balaban J connectivity index is 1.63. The summed E-state index contributed by atoms with van der Waals surface area (Å²) >= 11 is 0. The summed E-state index contributed by atoms with van der Waals surface area (Å²) < 4.78 is 38.4. The molecular formula is C22H22F3NO. The topological polar surface area (TPSA) is 32.3 Å². The molecule has 142 valence electrons. The average Bonchev–Trinajstić information content (AvgIpc) is 2.65. The van der Waals surface area contributed by atoms with Crippen LogP contribution in [-0.2, 0) is 12.6 Å². The molecule has 0 aliphatic carbocycles. The molecule has 0 radical (unpaired) electrons. The minimum Gasteiger partial charge on any atom is -0.391 e. The maximum absolute atomic E-state index is 12.8. The zero-order chi connectivity index (χ0) is 19.4. The van der Waals surface area contributed by atoms with Gasteiger partial charge in [-0.1, -0.05) is 60.7 Å². The van der Waals surface area contributed by atoms with Gasteiger partial charge < -0.3 is 10.4 Å². The fourth-order valence-electron chi connectivity index (χ4n) is 3.27. The third-order valence-corrected chi connectivity index (χ3v) is 4.68. The lowest BCUT2D eigenvalue weighted by Gasteiger charge is -2.19. The summed E-state index contributed by atoms with van der Waals surface area (Å²) in [4.78, 5) is 0. The lowest BCUT2D eigenvalue weighted by molar-refractivity contribution is -0.137. The van der Waals surface area contributed by atoms with E-state index in [0.29, 0.717) is 12.1 Å². The molecule has 2 N–H and O–H groups in total. The number of nitrogens with one attached hydrogen (secondary N) is 1. The molecule has 0 spiro atoms. The number of rotatable bonds is 6. The van der Waals surface area contributed by atoms with Crippen LogP contribution in [0.1, 0.15) is 29.7 Å². The first kappa shape index (κ1) is 19.4. The number of aliphatic hydroxyl groups is 1. The van der Waals surface area contributed by atoms with Crippen molar-refractivity contribution < 1.29 is 18.3 Å². The number of aliphatic hydroxyl groups excluding tert-OH is 1. The zero-order valence-corrected chi connectivity index (χ0v) is 15.0. The van der Waals surface area contributed by atoms with E-state index in [1.807, 2.05) is 43.3 Å². The summed E-state index contributed by atoms with van der Waals surface area (Å²) in [6.07, 6.45) is -4.98. The van der Waals surface area contributed by atoms with Crippen LogP contribution < -0.4 is 5.32 Å². The Kier molecular flexibility index (Phi) is 5.82. The molecule has 0 aromatic heterocycles. The van der Waals surface area contributed by atoms with Crippen LogP contribution in [0.4, 0.5) is 13.2 Å². The highest BCUT2D eigenvalue weighted by Crippen LogP contribution is 2.30. The lowest BCUT2D eigenvalue weighted by atomic mass is 9.99. The van der Waals surface area contributed by atoms with Gasteiger partial charge >= 0.3 is 6.18 Å². The number of hydrogen-bond donors (Lipinski definition) is 2. The van der Waals surface area contributed by atoms with Crippen molar-refractivity contribution in [3.63, 3.8) is 0 Å². The first-order valence-electron chi connectivity index (χ1n) is 8.90. The van der Waals surface area contributed by atoms with Crippen molar-refractivity contribution in [3.8, 4) is 0 Å². The molecule has 0 fully saturated rings. The van der Waals surface area contributed by atoms with Crippen LogP contribution in [0.3, 0.4) is 0 Å². The molecule has 2 atom stereocenters. The van der Waals surface area contributed by atoms with Gasteiger partial charge in [-0.15, -0.1) is 0 Å². The van der Waals surface area contributed by atoms with Gasteiger partial charge in [0.05, 0.1) is 11.7 Å². The Labute approximate surface area is 156 Å². The van der Waals surface area contributed by atoms with Gasteiger partial charge in [-0.2, -0.15) is 13.2 Å². The van der Waals surface area contributed by atoms with E-state index in [4.69, 9.17) is 0 Å². The fraction of sp³-hybridized carbons (Fsp3) is 0.273. The highest BCUT2D eigenvalue weighted by molar-refractivity contribution is 5.86. The van der Waals surface area contributed by atoms with Gasteiger partial charge in [0.25, 0.3) is 0 Å². The molecule has 0 aliphatic rings. The molecule has 27 heavy (non-hydrogen) atoms. The fourth-order valence-corrected chi connectivity index (χ4v) is 3.27. The van der Waals surface area contributed by atoms with Gasteiger partial charge in [0.2, 0.25) is 0 Å². The smallest absolute Gasteiger partial charge is 0.391 e. The van der Waals surface area contributed by atoms with Crippen LogP contribution in [-0.4, -0.2) is 17.8 Å². The molecule has 0 saturated carbocycles. The molecule has 0 saturated heterocycles. The van der Waals surface area contributed by atoms with Gasteiger partial charge in [0.1, 0.15) is 0 Å². The Morgan fingerprint density at radius 1 is 0.963 bits per heavy atom. The molecule has 3 rings (SSSR count). The van der Waals surface area contributed by atoms with Crippen LogP contribution >= 0.6 is 0 Å². The highest BCUT2D eigenvalue weighted by Gasteiger charge is 2.30. The van der Waals surface area contributed by atoms with E-state index in [0.717, 1.165) is 28.5 Å². The van der Waals surface area contributed by atoms with E-state index in [1.54, 1.807) is 6.07 Å². The van der Waals surface area contributed by atoms with Crippen LogP contribution in [0, 0.1) is 0 Å².